The summed E-state index contributed by atoms with van der Waals surface area (Å²) in [6.07, 6.45) is -3.73. The largest absolute Gasteiger partial charge is 0.433 e. The van der Waals surface area contributed by atoms with Crippen LogP contribution in [0.1, 0.15) is 17.7 Å². The van der Waals surface area contributed by atoms with Crippen molar-refractivity contribution >= 4 is 23.0 Å². The summed E-state index contributed by atoms with van der Waals surface area (Å²) in [5.41, 5.74) is 4.84. The molecule has 4 nitrogen and oxygen atoms in total. The standard InChI is InChI=1S/C12H17F3N4S/c1-19(2)7-3-6-17-11-8(10(16)20)4-5-9(18-11)12(13,14)15/h4-5H,3,6-7H2,1-2H3,(H2,16,20)(H,17,18). The van der Waals surface area contributed by atoms with E-state index in [2.05, 4.69) is 10.3 Å². The van der Waals surface area contributed by atoms with Gasteiger partial charge in [-0.2, -0.15) is 13.2 Å². The molecule has 1 aromatic heterocycles. The monoisotopic (exact) mass is 306 g/mol. The van der Waals surface area contributed by atoms with Gasteiger partial charge in [-0.05, 0) is 39.2 Å². The van der Waals surface area contributed by atoms with E-state index < -0.39 is 11.9 Å². The molecule has 0 fully saturated rings. The molecule has 3 N–H and O–H groups in total. The summed E-state index contributed by atoms with van der Waals surface area (Å²) >= 11 is 4.81. The van der Waals surface area contributed by atoms with Gasteiger partial charge >= 0.3 is 6.18 Å². The van der Waals surface area contributed by atoms with Crippen LogP contribution in [0.3, 0.4) is 0 Å². The third-order valence-corrected chi connectivity index (χ3v) is 2.75. The number of anilines is 1. The fourth-order valence-electron chi connectivity index (χ4n) is 1.55. The number of thiocarbonyl (C=S) groups is 1. The number of nitrogens with one attached hydrogen (secondary N) is 1. The predicted molar refractivity (Wildman–Crippen MR) is 76.8 cm³/mol. The second kappa shape index (κ2) is 6.85. The molecule has 0 aromatic carbocycles. The van der Waals surface area contributed by atoms with E-state index in [4.69, 9.17) is 18.0 Å². The average molecular weight is 306 g/mol. The van der Waals surface area contributed by atoms with Crippen molar-refractivity contribution in [2.45, 2.75) is 12.6 Å². The molecule has 1 rings (SSSR count). The highest BCUT2D eigenvalue weighted by Gasteiger charge is 2.33. The molecule has 0 spiro atoms. The first kappa shape index (κ1) is 16.6. The maximum atomic E-state index is 12.6. The van der Waals surface area contributed by atoms with Crippen molar-refractivity contribution < 1.29 is 13.2 Å². The number of hydrogen-bond donors (Lipinski definition) is 2. The highest BCUT2D eigenvalue weighted by molar-refractivity contribution is 7.80. The molecule has 1 aromatic rings. The van der Waals surface area contributed by atoms with Crippen LogP contribution in [-0.4, -0.2) is 42.1 Å². The molecule has 0 amide bonds. The van der Waals surface area contributed by atoms with E-state index in [1.165, 1.54) is 6.07 Å². The average Bonchev–Trinajstić information content (AvgIpc) is 2.32. The van der Waals surface area contributed by atoms with Crippen molar-refractivity contribution in [3.05, 3.63) is 23.4 Å². The summed E-state index contributed by atoms with van der Waals surface area (Å²) in [6, 6.07) is 2.12. The fourth-order valence-corrected chi connectivity index (χ4v) is 1.72. The van der Waals surface area contributed by atoms with Crippen LogP contribution >= 0.6 is 12.2 Å². The molecular weight excluding hydrogens is 289 g/mol. The maximum Gasteiger partial charge on any atom is 0.433 e. The molecule has 0 saturated carbocycles. The lowest BCUT2D eigenvalue weighted by atomic mass is 10.2. The maximum absolute atomic E-state index is 12.6. The zero-order chi connectivity index (χ0) is 15.3. The van der Waals surface area contributed by atoms with Gasteiger partial charge in [-0.25, -0.2) is 4.98 Å². The zero-order valence-corrected chi connectivity index (χ0v) is 12.1. The van der Waals surface area contributed by atoms with Gasteiger partial charge in [-0.15, -0.1) is 0 Å². The molecule has 20 heavy (non-hydrogen) atoms. The highest BCUT2D eigenvalue weighted by Crippen LogP contribution is 2.29. The summed E-state index contributed by atoms with van der Waals surface area (Å²) in [4.78, 5) is 5.56. The number of rotatable bonds is 6. The van der Waals surface area contributed by atoms with Gasteiger partial charge in [0.05, 0.1) is 5.56 Å². The van der Waals surface area contributed by atoms with E-state index in [0.717, 1.165) is 19.0 Å². The fraction of sp³-hybridized carbons (Fsp3) is 0.500. The van der Waals surface area contributed by atoms with Crippen molar-refractivity contribution in [1.29, 1.82) is 0 Å². The van der Waals surface area contributed by atoms with E-state index in [-0.39, 0.29) is 10.8 Å². The topological polar surface area (TPSA) is 54.2 Å². The molecular formula is C12H17F3N4S. The molecule has 0 atom stereocenters. The zero-order valence-electron chi connectivity index (χ0n) is 11.3. The first-order valence-corrected chi connectivity index (χ1v) is 6.39. The van der Waals surface area contributed by atoms with E-state index in [1.54, 1.807) is 0 Å². The Kier molecular flexibility index (Phi) is 5.70. The number of nitrogens with two attached hydrogens (primary N) is 1. The molecule has 8 heteroatoms. The van der Waals surface area contributed by atoms with Crippen LogP contribution < -0.4 is 11.1 Å². The third-order valence-electron chi connectivity index (χ3n) is 2.53. The SMILES string of the molecule is CN(C)CCCNc1nc(C(F)(F)F)ccc1C(N)=S. The second-order valence-electron chi connectivity index (χ2n) is 4.54. The summed E-state index contributed by atoms with van der Waals surface area (Å²) in [5.74, 6) is 0.0751. The molecule has 0 aliphatic heterocycles. The lowest BCUT2D eigenvalue weighted by Gasteiger charge is -2.14. The Hall–Kier alpha value is -1.41. The molecule has 112 valence electrons. The second-order valence-corrected chi connectivity index (χ2v) is 4.98. The van der Waals surface area contributed by atoms with Gasteiger partial charge in [0.25, 0.3) is 0 Å². The minimum absolute atomic E-state index is 0.0151. The molecule has 0 aliphatic rings. The van der Waals surface area contributed by atoms with Gasteiger partial charge in [0.1, 0.15) is 16.5 Å². The summed E-state index contributed by atoms with van der Waals surface area (Å²) in [5, 5.41) is 2.86. The Morgan fingerprint density at radius 1 is 1.40 bits per heavy atom. The Morgan fingerprint density at radius 3 is 2.55 bits per heavy atom. The molecule has 0 radical (unpaired) electrons. The van der Waals surface area contributed by atoms with Crippen molar-refractivity contribution in [3.63, 3.8) is 0 Å². The number of hydrogen-bond acceptors (Lipinski definition) is 4. The van der Waals surface area contributed by atoms with Crippen molar-refractivity contribution in [3.8, 4) is 0 Å². The van der Waals surface area contributed by atoms with Gasteiger partial charge < -0.3 is 16.0 Å². The van der Waals surface area contributed by atoms with E-state index in [1.807, 2.05) is 19.0 Å². The molecule has 0 aliphatic carbocycles. The van der Waals surface area contributed by atoms with Crippen LogP contribution in [-0.2, 0) is 6.18 Å². The van der Waals surface area contributed by atoms with Crippen LogP contribution in [0.2, 0.25) is 0 Å². The van der Waals surface area contributed by atoms with Gasteiger partial charge in [-0.1, -0.05) is 12.2 Å². The molecule has 0 saturated heterocycles. The van der Waals surface area contributed by atoms with Crippen LogP contribution in [0.5, 0.6) is 0 Å². The molecule has 0 bridgehead atoms. The number of halogens is 3. The smallest absolute Gasteiger partial charge is 0.389 e. The van der Waals surface area contributed by atoms with E-state index in [9.17, 15) is 13.2 Å². The summed E-state index contributed by atoms with van der Waals surface area (Å²) in [7, 11) is 3.84. The number of alkyl halides is 3. The normalized spacial score (nSPS) is 11.7. The quantitative estimate of drug-likeness (QED) is 0.623. The van der Waals surface area contributed by atoms with Crippen LogP contribution in [0.25, 0.3) is 0 Å². The van der Waals surface area contributed by atoms with Crippen LogP contribution in [0.4, 0.5) is 19.0 Å². The van der Waals surface area contributed by atoms with Crippen molar-refractivity contribution in [2.75, 3.05) is 32.5 Å². The minimum atomic E-state index is -4.49. The number of nitrogens with zero attached hydrogens (tertiary/aromatic N) is 2. The first-order valence-electron chi connectivity index (χ1n) is 5.98. The van der Waals surface area contributed by atoms with Gasteiger partial charge in [-0.3, -0.25) is 0 Å². The first-order chi connectivity index (χ1) is 9.21. The Labute approximate surface area is 121 Å². The minimum Gasteiger partial charge on any atom is -0.389 e. The van der Waals surface area contributed by atoms with E-state index in [0.29, 0.717) is 12.1 Å². The van der Waals surface area contributed by atoms with Gasteiger partial charge in [0, 0.05) is 6.54 Å². The Morgan fingerprint density at radius 2 is 2.05 bits per heavy atom. The number of pyridine rings is 1. The molecule has 0 unspecified atom stereocenters. The lowest BCUT2D eigenvalue weighted by molar-refractivity contribution is -0.141. The molecule has 1 heterocycles. The Bertz CT molecular complexity index is 474. The Balaban J connectivity index is 2.87. The van der Waals surface area contributed by atoms with E-state index >= 15 is 0 Å². The van der Waals surface area contributed by atoms with Crippen molar-refractivity contribution in [1.82, 2.24) is 9.88 Å². The summed E-state index contributed by atoms with van der Waals surface area (Å²) in [6.45, 7) is 1.30. The predicted octanol–water partition coefficient (Wildman–Crippen LogP) is 2.10. The lowest BCUT2D eigenvalue weighted by Crippen LogP contribution is -2.20. The van der Waals surface area contributed by atoms with Crippen LogP contribution in [0.15, 0.2) is 12.1 Å². The highest BCUT2D eigenvalue weighted by atomic mass is 32.1. The van der Waals surface area contributed by atoms with Gasteiger partial charge in [0.15, 0.2) is 0 Å². The number of aromatic nitrogens is 1. The van der Waals surface area contributed by atoms with Crippen LogP contribution in [0, 0.1) is 0 Å². The summed E-state index contributed by atoms with van der Waals surface area (Å²) < 4.78 is 37.9. The van der Waals surface area contributed by atoms with Gasteiger partial charge in [0.2, 0.25) is 0 Å². The van der Waals surface area contributed by atoms with Crippen molar-refractivity contribution in [2.24, 2.45) is 5.73 Å². The third kappa shape index (κ3) is 4.93.